The molecule has 0 spiro atoms. The fraction of sp³-hybridized carbons (Fsp3) is 0.615. The summed E-state index contributed by atoms with van der Waals surface area (Å²) < 4.78 is 5.44. The summed E-state index contributed by atoms with van der Waals surface area (Å²) in [5.74, 6) is 0. The third-order valence-electron chi connectivity index (χ3n) is 6.98. The first-order valence-corrected chi connectivity index (χ1v) is 12.6. The van der Waals surface area contributed by atoms with Crippen LogP contribution < -0.4 is 10.9 Å². The number of ether oxygens (including phenoxy) is 1. The van der Waals surface area contributed by atoms with Crippen molar-refractivity contribution < 1.29 is 9.53 Å². The van der Waals surface area contributed by atoms with E-state index in [1.165, 1.54) is 24.8 Å². The quantitative estimate of drug-likeness (QED) is 0.638. The molecule has 2 N–H and O–H groups in total. The van der Waals surface area contributed by atoms with Crippen LogP contribution in [0.25, 0.3) is 10.9 Å². The van der Waals surface area contributed by atoms with E-state index in [0.717, 1.165) is 69.4 Å². The van der Waals surface area contributed by atoms with E-state index in [-0.39, 0.29) is 17.6 Å². The number of hydrogen-bond acceptors (Lipinski definition) is 4. The summed E-state index contributed by atoms with van der Waals surface area (Å²) in [6.45, 7) is 7.45. The van der Waals surface area contributed by atoms with Gasteiger partial charge in [0.15, 0.2) is 0 Å². The van der Waals surface area contributed by atoms with Crippen molar-refractivity contribution in [1.29, 1.82) is 0 Å². The fourth-order valence-electron chi connectivity index (χ4n) is 4.92. The van der Waals surface area contributed by atoms with E-state index in [2.05, 4.69) is 28.2 Å². The van der Waals surface area contributed by atoms with Gasteiger partial charge in [-0.2, -0.15) is 0 Å². The molecule has 1 saturated heterocycles. The van der Waals surface area contributed by atoms with Crippen LogP contribution in [0.3, 0.4) is 0 Å². The summed E-state index contributed by atoms with van der Waals surface area (Å²) >= 11 is 0. The second-order valence-corrected chi connectivity index (χ2v) is 9.41. The highest BCUT2D eigenvalue weighted by atomic mass is 16.5. The van der Waals surface area contributed by atoms with Crippen LogP contribution in [-0.4, -0.2) is 66.2 Å². The van der Waals surface area contributed by atoms with Crippen LogP contribution in [0.1, 0.15) is 56.6 Å². The predicted molar refractivity (Wildman–Crippen MR) is 132 cm³/mol. The predicted octanol–water partition coefficient (Wildman–Crippen LogP) is 3.66. The molecular formula is C26H38N4O3. The number of morpholine rings is 1. The van der Waals surface area contributed by atoms with Crippen LogP contribution in [0.4, 0.5) is 4.79 Å². The van der Waals surface area contributed by atoms with Gasteiger partial charge >= 0.3 is 6.03 Å². The lowest BCUT2D eigenvalue weighted by Crippen LogP contribution is -2.46. The molecule has 2 heterocycles. The van der Waals surface area contributed by atoms with Crippen molar-refractivity contribution in [2.45, 2.75) is 64.5 Å². The third-order valence-corrected chi connectivity index (χ3v) is 6.98. The monoisotopic (exact) mass is 454 g/mol. The highest BCUT2D eigenvalue weighted by Gasteiger charge is 2.21. The molecule has 2 fully saturated rings. The molecule has 0 atom stereocenters. The minimum absolute atomic E-state index is 0.0503. The summed E-state index contributed by atoms with van der Waals surface area (Å²) in [6.07, 6.45) is 7.51. The molecule has 0 bridgehead atoms. The van der Waals surface area contributed by atoms with Gasteiger partial charge in [-0.05, 0) is 54.8 Å². The molecule has 2 aromatic rings. The molecule has 1 aromatic carbocycles. The molecule has 2 aliphatic rings. The number of nitrogens with one attached hydrogen (secondary N) is 2. The SMILES string of the molecule is CCc1ccc2[nH]c(=O)c(CN(CCCN3CCOCC3)C(=O)NC3CCCCC3)cc2c1. The molecule has 0 radical (unpaired) electrons. The van der Waals surface area contributed by atoms with E-state index in [1.54, 1.807) is 0 Å². The number of pyridine rings is 1. The molecular weight excluding hydrogens is 416 g/mol. The number of hydrogen-bond donors (Lipinski definition) is 2. The Kier molecular flexibility index (Phi) is 8.40. The zero-order chi connectivity index (χ0) is 23.0. The first-order chi connectivity index (χ1) is 16.1. The van der Waals surface area contributed by atoms with E-state index in [1.807, 2.05) is 23.1 Å². The van der Waals surface area contributed by atoms with Crippen molar-refractivity contribution in [2.24, 2.45) is 0 Å². The molecule has 0 unspecified atom stereocenters. The molecule has 33 heavy (non-hydrogen) atoms. The summed E-state index contributed by atoms with van der Waals surface area (Å²) in [6, 6.07) is 8.29. The van der Waals surface area contributed by atoms with E-state index in [4.69, 9.17) is 4.74 Å². The Hall–Kier alpha value is -2.38. The maximum Gasteiger partial charge on any atom is 0.317 e. The Balaban J connectivity index is 1.48. The largest absolute Gasteiger partial charge is 0.379 e. The molecule has 2 amide bonds. The highest BCUT2D eigenvalue weighted by Crippen LogP contribution is 2.19. The number of aromatic nitrogens is 1. The lowest BCUT2D eigenvalue weighted by atomic mass is 9.96. The molecule has 1 aliphatic heterocycles. The summed E-state index contributed by atoms with van der Waals surface area (Å²) in [5, 5.41) is 4.26. The Morgan fingerprint density at radius 1 is 1.18 bits per heavy atom. The van der Waals surface area contributed by atoms with Crippen molar-refractivity contribution in [3.8, 4) is 0 Å². The second-order valence-electron chi connectivity index (χ2n) is 9.41. The van der Waals surface area contributed by atoms with Gasteiger partial charge in [-0.3, -0.25) is 9.69 Å². The molecule has 7 heteroatoms. The van der Waals surface area contributed by atoms with Crippen LogP contribution in [0.2, 0.25) is 0 Å². The van der Waals surface area contributed by atoms with Crippen LogP contribution in [0.15, 0.2) is 29.1 Å². The van der Waals surface area contributed by atoms with Gasteiger partial charge in [0.25, 0.3) is 5.56 Å². The number of benzene rings is 1. The Bertz CT molecular complexity index is 977. The molecule has 7 nitrogen and oxygen atoms in total. The van der Waals surface area contributed by atoms with Gasteiger partial charge in [-0.25, -0.2) is 4.79 Å². The first-order valence-electron chi connectivity index (χ1n) is 12.6. The summed E-state index contributed by atoms with van der Waals surface area (Å²) in [7, 11) is 0. The first kappa shape index (κ1) is 23.8. The molecule has 1 aromatic heterocycles. The van der Waals surface area contributed by atoms with Gasteiger partial charge < -0.3 is 19.9 Å². The minimum atomic E-state index is -0.115. The van der Waals surface area contributed by atoms with Gasteiger partial charge in [-0.15, -0.1) is 0 Å². The number of H-pyrrole nitrogens is 1. The number of aromatic amines is 1. The van der Waals surface area contributed by atoms with Gasteiger partial charge in [0.1, 0.15) is 0 Å². The van der Waals surface area contributed by atoms with E-state index in [0.29, 0.717) is 18.7 Å². The van der Waals surface area contributed by atoms with Crippen molar-refractivity contribution >= 4 is 16.9 Å². The highest BCUT2D eigenvalue weighted by molar-refractivity contribution is 5.80. The van der Waals surface area contributed by atoms with Crippen LogP contribution in [-0.2, 0) is 17.7 Å². The lowest BCUT2D eigenvalue weighted by Gasteiger charge is -2.30. The van der Waals surface area contributed by atoms with Crippen molar-refractivity contribution in [1.82, 2.24) is 20.1 Å². The average molecular weight is 455 g/mol. The smallest absolute Gasteiger partial charge is 0.317 e. The van der Waals surface area contributed by atoms with Gasteiger partial charge in [0, 0.05) is 43.3 Å². The number of fused-ring (bicyclic) bond motifs is 1. The van der Waals surface area contributed by atoms with E-state index in [9.17, 15) is 9.59 Å². The number of amides is 2. The number of nitrogens with zero attached hydrogens (tertiary/aromatic N) is 2. The lowest BCUT2D eigenvalue weighted by molar-refractivity contribution is 0.0364. The van der Waals surface area contributed by atoms with Gasteiger partial charge in [-0.1, -0.05) is 32.3 Å². The average Bonchev–Trinajstić information content (AvgIpc) is 2.84. The minimum Gasteiger partial charge on any atom is -0.379 e. The summed E-state index contributed by atoms with van der Waals surface area (Å²) in [4.78, 5) is 33.3. The Morgan fingerprint density at radius 3 is 2.73 bits per heavy atom. The summed E-state index contributed by atoms with van der Waals surface area (Å²) in [5.41, 5.74) is 2.60. The Labute approximate surface area is 196 Å². The topological polar surface area (TPSA) is 77.7 Å². The third kappa shape index (κ3) is 6.58. The number of carbonyl (C=O) groups excluding carboxylic acids is 1. The van der Waals surface area contributed by atoms with Crippen molar-refractivity contribution in [3.05, 3.63) is 45.7 Å². The van der Waals surface area contributed by atoms with E-state index < -0.39 is 0 Å². The maximum absolute atomic E-state index is 13.2. The zero-order valence-corrected chi connectivity index (χ0v) is 19.9. The van der Waals surface area contributed by atoms with Crippen LogP contribution >= 0.6 is 0 Å². The second kappa shape index (κ2) is 11.7. The fourth-order valence-corrected chi connectivity index (χ4v) is 4.92. The molecule has 1 aliphatic carbocycles. The van der Waals surface area contributed by atoms with Crippen molar-refractivity contribution in [3.63, 3.8) is 0 Å². The maximum atomic E-state index is 13.2. The zero-order valence-electron chi connectivity index (χ0n) is 19.9. The molecule has 4 rings (SSSR count). The molecule has 1 saturated carbocycles. The molecule has 180 valence electrons. The standard InChI is InChI=1S/C26H38N4O3/c1-2-20-9-10-24-21(17-20)18-22(25(31)28-24)19-30(12-6-11-29-13-15-33-16-14-29)26(32)27-23-7-4-3-5-8-23/h9-10,17-18,23H,2-8,11-16,19H2,1H3,(H,27,32)(H,28,31). The van der Waals surface area contributed by atoms with Crippen LogP contribution in [0.5, 0.6) is 0 Å². The Morgan fingerprint density at radius 2 is 1.97 bits per heavy atom. The number of carbonyl (C=O) groups is 1. The number of aryl methyl sites for hydroxylation is 1. The van der Waals surface area contributed by atoms with Crippen LogP contribution in [0, 0.1) is 0 Å². The van der Waals surface area contributed by atoms with Crippen molar-refractivity contribution in [2.75, 3.05) is 39.4 Å². The number of urea groups is 1. The number of rotatable bonds is 8. The van der Waals surface area contributed by atoms with E-state index >= 15 is 0 Å². The van der Waals surface area contributed by atoms with Gasteiger partial charge in [0.2, 0.25) is 0 Å². The normalized spacial score (nSPS) is 17.8. The van der Waals surface area contributed by atoms with Gasteiger partial charge in [0.05, 0.1) is 19.8 Å².